The van der Waals surface area contributed by atoms with E-state index >= 15 is 0 Å². The standard InChI is InChI=1S/C11H13F3O2/c1-6(2)8-5-7(3-4-9(8)15)10(16)11(12,13)14/h3-6,10,15-16H,1-2H3/t10-/m0/s1. The molecule has 1 atom stereocenters. The molecule has 1 aromatic rings. The molecule has 0 amide bonds. The third kappa shape index (κ3) is 2.66. The first kappa shape index (κ1) is 12.8. The molecule has 2 N–H and O–H groups in total. The quantitative estimate of drug-likeness (QED) is 0.825. The lowest BCUT2D eigenvalue weighted by Crippen LogP contribution is -2.20. The molecule has 1 aromatic carbocycles. The van der Waals surface area contributed by atoms with Gasteiger partial charge in [0, 0.05) is 0 Å². The van der Waals surface area contributed by atoms with Gasteiger partial charge in [-0.3, -0.25) is 0 Å². The van der Waals surface area contributed by atoms with E-state index in [0.29, 0.717) is 5.56 Å². The van der Waals surface area contributed by atoms with Gasteiger partial charge in [0.05, 0.1) is 0 Å². The fraction of sp³-hybridized carbons (Fsp3) is 0.455. The number of aliphatic hydroxyl groups is 1. The average Bonchev–Trinajstić information content (AvgIpc) is 2.15. The molecule has 0 saturated carbocycles. The number of halogens is 3. The second-order valence-electron chi connectivity index (χ2n) is 3.92. The predicted octanol–water partition coefficient (Wildman–Crippen LogP) is 3.11. The fourth-order valence-electron chi connectivity index (χ4n) is 1.39. The van der Waals surface area contributed by atoms with Gasteiger partial charge in [-0.05, 0) is 29.2 Å². The molecule has 5 heteroatoms. The SMILES string of the molecule is CC(C)c1cc([C@H](O)C(F)(F)F)ccc1O. The Morgan fingerprint density at radius 1 is 1.19 bits per heavy atom. The van der Waals surface area contributed by atoms with Crippen LogP contribution in [0.15, 0.2) is 18.2 Å². The van der Waals surface area contributed by atoms with Crippen LogP contribution < -0.4 is 0 Å². The van der Waals surface area contributed by atoms with E-state index in [1.807, 2.05) is 0 Å². The number of phenolic OH excluding ortho intramolecular Hbond substituents is 1. The Hall–Kier alpha value is -1.23. The smallest absolute Gasteiger partial charge is 0.418 e. The number of aliphatic hydroxyl groups excluding tert-OH is 1. The minimum atomic E-state index is -4.69. The summed E-state index contributed by atoms with van der Waals surface area (Å²) in [5.41, 5.74) is 0.134. The highest BCUT2D eigenvalue weighted by atomic mass is 19.4. The van der Waals surface area contributed by atoms with Crippen LogP contribution in [-0.2, 0) is 0 Å². The molecular weight excluding hydrogens is 221 g/mol. The van der Waals surface area contributed by atoms with Crippen LogP contribution in [0.4, 0.5) is 13.2 Å². The van der Waals surface area contributed by atoms with Crippen LogP contribution in [0.5, 0.6) is 5.75 Å². The molecule has 0 aliphatic heterocycles. The summed E-state index contributed by atoms with van der Waals surface area (Å²) in [5, 5.41) is 18.5. The van der Waals surface area contributed by atoms with E-state index in [2.05, 4.69) is 0 Å². The highest BCUT2D eigenvalue weighted by Gasteiger charge is 2.39. The summed E-state index contributed by atoms with van der Waals surface area (Å²) in [6.07, 6.45) is -7.20. The summed E-state index contributed by atoms with van der Waals surface area (Å²) in [4.78, 5) is 0. The van der Waals surface area contributed by atoms with Gasteiger partial charge >= 0.3 is 6.18 Å². The third-order valence-corrected chi connectivity index (χ3v) is 2.30. The van der Waals surface area contributed by atoms with Crippen LogP contribution in [0.3, 0.4) is 0 Å². The van der Waals surface area contributed by atoms with Crippen LogP contribution in [0.25, 0.3) is 0 Å². The molecule has 0 spiro atoms. The number of rotatable bonds is 2. The van der Waals surface area contributed by atoms with Gasteiger partial charge in [-0.2, -0.15) is 13.2 Å². The second-order valence-corrected chi connectivity index (χ2v) is 3.92. The Balaban J connectivity index is 3.13. The summed E-state index contributed by atoms with van der Waals surface area (Å²) < 4.78 is 36.8. The van der Waals surface area contributed by atoms with Gasteiger partial charge in [0.25, 0.3) is 0 Å². The summed E-state index contributed by atoms with van der Waals surface area (Å²) in [7, 11) is 0. The Morgan fingerprint density at radius 2 is 1.75 bits per heavy atom. The van der Waals surface area contributed by atoms with E-state index in [9.17, 15) is 18.3 Å². The lowest BCUT2D eigenvalue weighted by molar-refractivity contribution is -0.206. The monoisotopic (exact) mass is 234 g/mol. The summed E-state index contributed by atoms with van der Waals surface area (Å²) in [6.45, 7) is 3.50. The molecule has 0 radical (unpaired) electrons. The van der Waals surface area contributed by atoms with Gasteiger partial charge in [-0.1, -0.05) is 19.9 Å². The zero-order valence-corrected chi connectivity index (χ0v) is 8.92. The number of aromatic hydroxyl groups is 1. The van der Waals surface area contributed by atoms with Crippen molar-refractivity contribution in [3.05, 3.63) is 29.3 Å². The second kappa shape index (κ2) is 4.33. The van der Waals surface area contributed by atoms with Crippen molar-refractivity contribution in [3.8, 4) is 5.75 Å². The topological polar surface area (TPSA) is 40.5 Å². The average molecular weight is 234 g/mol. The van der Waals surface area contributed by atoms with E-state index in [-0.39, 0.29) is 17.2 Å². The van der Waals surface area contributed by atoms with Crippen molar-refractivity contribution in [2.45, 2.75) is 32.0 Å². The highest BCUT2D eigenvalue weighted by molar-refractivity contribution is 5.39. The Labute approximate surface area is 91.3 Å². The first-order valence-electron chi connectivity index (χ1n) is 4.81. The first-order chi connectivity index (χ1) is 7.23. The molecule has 2 nitrogen and oxygen atoms in total. The van der Waals surface area contributed by atoms with E-state index in [1.165, 1.54) is 12.1 Å². The lowest BCUT2D eigenvalue weighted by Gasteiger charge is -2.17. The number of benzene rings is 1. The number of hydrogen-bond acceptors (Lipinski definition) is 2. The van der Waals surface area contributed by atoms with Crippen molar-refractivity contribution >= 4 is 0 Å². The molecule has 0 fully saturated rings. The molecule has 0 aliphatic rings. The maximum absolute atomic E-state index is 12.3. The number of alkyl halides is 3. The van der Waals surface area contributed by atoms with Gasteiger partial charge in [0.1, 0.15) is 5.75 Å². The van der Waals surface area contributed by atoms with Crippen molar-refractivity contribution in [2.24, 2.45) is 0 Å². The molecular formula is C11H13F3O2. The summed E-state index contributed by atoms with van der Waals surface area (Å²) in [6, 6.07) is 3.41. The normalized spacial score (nSPS) is 14.2. The zero-order chi connectivity index (χ0) is 12.5. The van der Waals surface area contributed by atoms with E-state index in [0.717, 1.165) is 6.07 Å². The lowest BCUT2D eigenvalue weighted by atomic mass is 9.97. The van der Waals surface area contributed by atoms with Crippen LogP contribution in [0.1, 0.15) is 37.0 Å². The van der Waals surface area contributed by atoms with Gasteiger partial charge in [0.15, 0.2) is 6.10 Å². The Morgan fingerprint density at radius 3 is 2.19 bits per heavy atom. The molecule has 0 heterocycles. The van der Waals surface area contributed by atoms with Gasteiger partial charge in [-0.25, -0.2) is 0 Å². The molecule has 0 bridgehead atoms. The van der Waals surface area contributed by atoms with Crippen LogP contribution in [0, 0.1) is 0 Å². The molecule has 16 heavy (non-hydrogen) atoms. The third-order valence-electron chi connectivity index (χ3n) is 2.30. The van der Waals surface area contributed by atoms with Crippen molar-refractivity contribution in [3.63, 3.8) is 0 Å². The number of hydrogen-bond donors (Lipinski definition) is 2. The van der Waals surface area contributed by atoms with Crippen LogP contribution >= 0.6 is 0 Å². The molecule has 1 rings (SSSR count). The van der Waals surface area contributed by atoms with Crippen molar-refractivity contribution in [1.82, 2.24) is 0 Å². The maximum Gasteiger partial charge on any atom is 0.418 e. The van der Waals surface area contributed by atoms with E-state index < -0.39 is 12.3 Å². The van der Waals surface area contributed by atoms with Gasteiger partial charge in [-0.15, -0.1) is 0 Å². The van der Waals surface area contributed by atoms with Crippen molar-refractivity contribution in [1.29, 1.82) is 0 Å². The van der Waals surface area contributed by atoms with Crippen LogP contribution in [-0.4, -0.2) is 16.4 Å². The Bertz CT molecular complexity index is 372. The minimum absolute atomic E-state index is 0.0619. The molecule has 0 unspecified atom stereocenters. The molecule has 0 saturated heterocycles. The predicted molar refractivity (Wildman–Crippen MR) is 53.2 cm³/mol. The van der Waals surface area contributed by atoms with Gasteiger partial charge in [0.2, 0.25) is 0 Å². The summed E-state index contributed by atoms with van der Waals surface area (Å²) in [5.74, 6) is -0.173. The zero-order valence-electron chi connectivity index (χ0n) is 8.92. The van der Waals surface area contributed by atoms with Gasteiger partial charge < -0.3 is 10.2 Å². The van der Waals surface area contributed by atoms with E-state index in [4.69, 9.17) is 5.11 Å². The largest absolute Gasteiger partial charge is 0.508 e. The first-order valence-corrected chi connectivity index (χ1v) is 4.81. The van der Waals surface area contributed by atoms with E-state index in [1.54, 1.807) is 13.8 Å². The molecule has 90 valence electrons. The summed E-state index contributed by atoms with van der Waals surface area (Å²) >= 11 is 0. The van der Waals surface area contributed by atoms with Crippen LogP contribution in [0.2, 0.25) is 0 Å². The minimum Gasteiger partial charge on any atom is -0.508 e. The fourth-order valence-corrected chi connectivity index (χ4v) is 1.39. The molecule has 0 aromatic heterocycles. The maximum atomic E-state index is 12.3. The Kier molecular flexibility index (Phi) is 3.48. The highest BCUT2D eigenvalue weighted by Crippen LogP contribution is 2.35. The van der Waals surface area contributed by atoms with Crippen molar-refractivity contribution < 1.29 is 23.4 Å². The van der Waals surface area contributed by atoms with Crippen molar-refractivity contribution in [2.75, 3.05) is 0 Å². The number of phenols is 1. The molecule has 0 aliphatic carbocycles.